The second-order valence-electron chi connectivity index (χ2n) is 9.12. The molecule has 4 rings (SSSR count). The van der Waals surface area contributed by atoms with E-state index in [9.17, 15) is 27.5 Å². The van der Waals surface area contributed by atoms with Crippen molar-refractivity contribution in [3.63, 3.8) is 0 Å². The third-order valence-corrected chi connectivity index (χ3v) is 6.86. The van der Waals surface area contributed by atoms with Crippen LogP contribution in [0.25, 0.3) is 0 Å². The van der Waals surface area contributed by atoms with Crippen molar-refractivity contribution in [3.8, 4) is 0 Å². The first-order chi connectivity index (χ1) is 15.1. The summed E-state index contributed by atoms with van der Waals surface area (Å²) in [5.74, 6) is -0.256. The molecule has 172 valence electrons. The molecule has 0 radical (unpaired) electrons. The number of nitrogens with zero attached hydrogens (tertiary/aromatic N) is 1. The fourth-order valence-electron chi connectivity index (χ4n) is 4.70. The van der Waals surface area contributed by atoms with Crippen LogP contribution in [0.2, 0.25) is 0 Å². The SMILES string of the molecule is C[C@](O)(c1ccc(C(=O)N(C2CC2)[C@H]2CC[C@H](c3ccccc3F)CC2)cc1)C(F)(F)F. The molecular formula is C25H27F4NO2. The van der Waals surface area contributed by atoms with Crippen molar-refractivity contribution in [2.75, 3.05) is 0 Å². The van der Waals surface area contributed by atoms with Gasteiger partial charge in [-0.15, -0.1) is 0 Å². The summed E-state index contributed by atoms with van der Waals surface area (Å²) in [6.45, 7) is 0.703. The van der Waals surface area contributed by atoms with Gasteiger partial charge >= 0.3 is 6.18 Å². The highest BCUT2D eigenvalue weighted by atomic mass is 19.4. The predicted octanol–water partition coefficient (Wildman–Crippen LogP) is 5.93. The summed E-state index contributed by atoms with van der Waals surface area (Å²) < 4.78 is 53.4. The van der Waals surface area contributed by atoms with Gasteiger partial charge in [0.05, 0.1) is 0 Å². The Labute approximate surface area is 185 Å². The Balaban J connectivity index is 1.47. The quantitative estimate of drug-likeness (QED) is 0.575. The number of carbonyl (C=O) groups is 1. The van der Waals surface area contributed by atoms with Crippen molar-refractivity contribution in [2.24, 2.45) is 0 Å². The van der Waals surface area contributed by atoms with Gasteiger partial charge in [-0.1, -0.05) is 30.3 Å². The largest absolute Gasteiger partial charge is 0.421 e. The lowest BCUT2D eigenvalue weighted by atomic mass is 9.81. The van der Waals surface area contributed by atoms with Crippen LogP contribution in [-0.2, 0) is 5.60 Å². The second-order valence-corrected chi connectivity index (χ2v) is 9.12. The van der Waals surface area contributed by atoms with Crippen molar-refractivity contribution >= 4 is 5.91 Å². The molecule has 2 saturated carbocycles. The third-order valence-electron chi connectivity index (χ3n) is 6.86. The van der Waals surface area contributed by atoms with Gasteiger partial charge in [0, 0.05) is 17.6 Å². The van der Waals surface area contributed by atoms with Crippen molar-refractivity contribution in [1.29, 1.82) is 0 Å². The van der Waals surface area contributed by atoms with Crippen LogP contribution in [0.15, 0.2) is 48.5 Å². The Morgan fingerprint density at radius 2 is 1.44 bits per heavy atom. The first-order valence-electron chi connectivity index (χ1n) is 11.1. The van der Waals surface area contributed by atoms with Crippen molar-refractivity contribution in [1.82, 2.24) is 4.90 Å². The molecule has 2 aliphatic carbocycles. The molecule has 32 heavy (non-hydrogen) atoms. The molecule has 2 fully saturated rings. The smallest absolute Gasteiger partial charge is 0.376 e. The number of hydrogen-bond donors (Lipinski definition) is 1. The van der Waals surface area contributed by atoms with Crippen LogP contribution in [0.4, 0.5) is 17.6 Å². The molecule has 2 aliphatic rings. The molecule has 0 saturated heterocycles. The summed E-state index contributed by atoms with van der Waals surface area (Å²) in [6, 6.07) is 12.1. The van der Waals surface area contributed by atoms with Gasteiger partial charge in [0.25, 0.3) is 5.91 Å². The minimum atomic E-state index is -4.81. The molecule has 0 bridgehead atoms. The lowest BCUT2D eigenvalue weighted by Gasteiger charge is -2.37. The van der Waals surface area contributed by atoms with Crippen LogP contribution in [0, 0.1) is 5.82 Å². The number of carbonyl (C=O) groups excluding carboxylic acids is 1. The highest BCUT2D eigenvalue weighted by molar-refractivity contribution is 5.95. The topological polar surface area (TPSA) is 40.5 Å². The van der Waals surface area contributed by atoms with E-state index in [1.54, 1.807) is 6.07 Å². The highest BCUT2D eigenvalue weighted by Crippen LogP contribution is 2.41. The Kier molecular flexibility index (Phi) is 6.05. The van der Waals surface area contributed by atoms with Crippen LogP contribution in [0.3, 0.4) is 0 Å². The average molecular weight is 449 g/mol. The van der Waals surface area contributed by atoms with E-state index < -0.39 is 11.8 Å². The zero-order chi connectivity index (χ0) is 23.1. The Morgan fingerprint density at radius 3 is 1.94 bits per heavy atom. The Bertz CT molecular complexity index is 959. The van der Waals surface area contributed by atoms with E-state index in [-0.39, 0.29) is 35.3 Å². The maximum atomic E-state index is 14.2. The van der Waals surface area contributed by atoms with Gasteiger partial charge in [0.15, 0.2) is 5.60 Å². The first kappa shape index (κ1) is 22.8. The zero-order valence-corrected chi connectivity index (χ0v) is 17.9. The number of halogens is 4. The van der Waals surface area contributed by atoms with E-state index in [1.165, 1.54) is 30.3 Å². The monoisotopic (exact) mass is 449 g/mol. The molecule has 2 aromatic rings. The second kappa shape index (κ2) is 8.50. The van der Waals surface area contributed by atoms with Gasteiger partial charge in [0.2, 0.25) is 0 Å². The molecule has 1 atom stereocenters. The van der Waals surface area contributed by atoms with Gasteiger partial charge in [0.1, 0.15) is 5.82 Å². The molecule has 1 amide bonds. The first-order valence-corrected chi connectivity index (χ1v) is 11.1. The van der Waals surface area contributed by atoms with Crippen molar-refractivity contribution in [2.45, 2.75) is 75.2 Å². The van der Waals surface area contributed by atoms with E-state index in [0.29, 0.717) is 12.5 Å². The lowest BCUT2D eigenvalue weighted by Crippen LogP contribution is -2.44. The minimum absolute atomic E-state index is 0.0379. The molecule has 0 unspecified atom stereocenters. The van der Waals surface area contributed by atoms with Crippen LogP contribution in [0.1, 0.15) is 72.9 Å². The number of aliphatic hydroxyl groups is 1. The molecule has 7 heteroatoms. The normalized spacial score (nSPS) is 23.4. The van der Waals surface area contributed by atoms with E-state index in [2.05, 4.69) is 0 Å². The van der Waals surface area contributed by atoms with Crippen LogP contribution in [0.5, 0.6) is 0 Å². The van der Waals surface area contributed by atoms with Crippen LogP contribution >= 0.6 is 0 Å². The van der Waals surface area contributed by atoms with E-state index in [4.69, 9.17) is 0 Å². The standard InChI is InChI=1S/C25H27F4NO2/c1-24(32,25(27,28)29)18-10-6-17(7-11-18)23(31)30(20-14-15-20)19-12-8-16(9-13-19)21-4-2-3-5-22(21)26/h2-7,10-11,16,19-20,32H,8-9,12-15H2,1H3/t16-,19-,24-/m0/s1. The summed E-state index contributed by atoms with van der Waals surface area (Å²) in [4.78, 5) is 15.2. The molecule has 1 N–H and O–H groups in total. The van der Waals surface area contributed by atoms with Gasteiger partial charge in [-0.3, -0.25) is 4.79 Å². The number of hydrogen-bond acceptors (Lipinski definition) is 2. The molecule has 0 aliphatic heterocycles. The third kappa shape index (κ3) is 4.40. The molecule has 2 aromatic carbocycles. The maximum absolute atomic E-state index is 14.2. The van der Waals surface area contributed by atoms with Gasteiger partial charge in [-0.05, 0) is 80.7 Å². The summed E-state index contributed by atoms with van der Waals surface area (Å²) in [7, 11) is 0. The average Bonchev–Trinajstić information content (AvgIpc) is 3.59. The highest BCUT2D eigenvalue weighted by Gasteiger charge is 2.51. The number of alkyl halides is 3. The summed E-state index contributed by atoms with van der Waals surface area (Å²) in [5.41, 5.74) is -2.24. The molecule has 0 heterocycles. The molecule has 0 spiro atoms. The van der Waals surface area contributed by atoms with Gasteiger partial charge in [-0.25, -0.2) is 4.39 Å². The van der Waals surface area contributed by atoms with Crippen LogP contribution < -0.4 is 0 Å². The van der Waals surface area contributed by atoms with Crippen LogP contribution in [-0.4, -0.2) is 34.2 Å². The summed E-state index contributed by atoms with van der Waals surface area (Å²) >= 11 is 0. The van der Waals surface area contributed by atoms with Crippen molar-refractivity contribution < 1.29 is 27.5 Å². The molecule has 3 nitrogen and oxygen atoms in total. The Morgan fingerprint density at radius 1 is 0.906 bits per heavy atom. The zero-order valence-electron chi connectivity index (χ0n) is 17.9. The van der Waals surface area contributed by atoms with E-state index in [1.807, 2.05) is 17.0 Å². The van der Waals surface area contributed by atoms with Gasteiger partial charge < -0.3 is 10.0 Å². The predicted molar refractivity (Wildman–Crippen MR) is 113 cm³/mol. The summed E-state index contributed by atoms with van der Waals surface area (Å²) in [6.07, 6.45) is 0.129. The number of benzene rings is 2. The van der Waals surface area contributed by atoms with Gasteiger partial charge in [-0.2, -0.15) is 13.2 Å². The maximum Gasteiger partial charge on any atom is 0.421 e. The van der Waals surface area contributed by atoms with Crippen molar-refractivity contribution in [3.05, 3.63) is 71.0 Å². The molecule has 0 aromatic heterocycles. The lowest BCUT2D eigenvalue weighted by molar-refractivity contribution is -0.258. The fourth-order valence-corrected chi connectivity index (χ4v) is 4.70. The van der Waals surface area contributed by atoms with E-state index >= 15 is 0 Å². The fraction of sp³-hybridized carbons (Fsp3) is 0.480. The minimum Gasteiger partial charge on any atom is -0.376 e. The van der Waals surface area contributed by atoms with E-state index in [0.717, 1.165) is 44.1 Å². The summed E-state index contributed by atoms with van der Waals surface area (Å²) in [5, 5.41) is 9.85. The number of amides is 1. The molecular weight excluding hydrogens is 422 g/mol. The Hall–Kier alpha value is -2.41. The number of rotatable bonds is 5.